The minimum absolute atomic E-state index is 0.754. The van der Waals surface area contributed by atoms with E-state index in [1.165, 1.54) is 57.1 Å². The van der Waals surface area contributed by atoms with Crippen LogP contribution >= 0.6 is 0 Å². The Hall–Kier alpha value is -1.08. The van der Waals surface area contributed by atoms with Gasteiger partial charge in [0.15, 0.2) is 0 Å². The van der Waals surface area contributed by atoms with Crippen molar-refractivity contribution in [1.82, 2.24) is 5.32 Å². The summed E-state index contributed by atoms with van der Waals surface area (Å²) in [7, 11) is 0. The summed E-state index contributed by atoms with van der Waals surface area (Å²) in [6.45, 7) is 3.42. The molecule has 20 heavy (non-hydrogen) atoms. The van der Waals surface area contributed by atoms with Crippen molar-refractivity contribution in [3.63, 3.8) is 0 Å². The minimum Gasteiger partial charge on any atom is -0.314 e. The van der Waals surface area contributed by atoms with Crippen molar-refractivity contribution in [3.8, 4) is 0 Å². The van der Waals surface area contributed by atoms with Crippen molar-refractivity contribution in [1.29, 1.82) is 0 Å². The molecule has 2 aliphatic rings. The lowest BCUT2D eigenvalue weighted by atomic mass is 9.74. The van der Waals surface area contributed by atoms with Crippen LogP contribution in [0.25, 0.3) is 0 Å². The molecule has 0 unspecified atom stereocenters. The molecular formula is C19H27N. The fourth-order valence-corrected chi connectivity index (χ4v) is 3.65. The molecule has 0 bridgehead atoms. The number of allylic oxidation sites excluding steroid dienone is 1. The second-order valence-corrected chi connectivity index (χ2v) is 6.53. The van der Waals surface area contributed by atoms with Gasteiger partial charge in [-0.05, 0) is 75.5 Å². The number of nitrogens with one attached hydrogen (secondary N) is 1. The average molecular weight is 269 g/mol. The Morgan fingerprint density at radius 3 is 2.75 bits per heavy atom. The van der Waals surface area contributed by atoms with Crippen molar-refractivity contribution in [2.45, 2.75) is 63.8 Å². The second-order valence-electron chi connectivity index (χ2n) is 6.53. The van der Waals surface area contributed by atoms with Gasteiger partial charge in [0, 0.05) is 6.04 Å². The lowest BCUT2D eigenvalue weighted by Crippen LogP contribution is -2.40. The lowest BCUT2D eigenvalue weighted by Gasteiger charge is -2.37. The van der Waals surface area contributed by atoms with Crippen LogP contribution in [0.5, 0.6) is 0 Å². The molecule has 1 aromatic carbocycles. The van der Waals surface area contributed by atoms with Gasteiger partial charge in [0.2, 0.25) is 0 Å². The Kier molecular flexibility index (Phi) is 4.57. The highest BCUT2D eigenvalue weighted by atomic mass is 14.9. The van der Waals surface area contributed by atoms with Crippen LogP contribution in [0.15, 0.2) is 35.9 Å². The molecule has 0 radical (unpaired) electrons. The van der Waals surface area contributed by atoms with Crippen LogP contribution in [0, 0.1) is 6.92 Å². The van der Waals surface area contributed by atoms with Crippen molar-refractivity contribution >= 4 is 0 Å². The van der Waals surface area contributed by atoms with E-state index in [1.807, 2.05) is 0 Å². The van der Waals surface area contributed by atoms with E-state index in [0.717, 1.165) is 12.0 Å². The summed E-state index contributed by atoms with van der Waals surface area (Å²) in [5.41, 5.74) is 4.72. The van der Waals surface area contributed by atoms with E-state index in [4.69, 9.17) is 0 Å². The molecule has 0 atom stereocenters. The predicted molar refractivity (Wildman–Crippen MR) is 86.1 cm³/mol. The molecular weight excluding hydrogens is 242 g/mol. The van der Waals surface area contributed by atoms with Gasteiger partial charge in [-0.25, -0.2) is 0 Å². The maximum atomic E-state index is 3.74. The van der Waals surface area contributed by atoms with Gasteiger partial charge in [-0.2, -0.15) is 0 Å². The summed E-state index contributed by atoms with van der Waals surface area (Å²) in [5.74, 6) is 0.794. The first-order valence-corrected chi connectivity index (χ1v) is 8.30. The zero-order valence-electron chi connectivity index (χ0n) is 12.7. The van der Waals surface area contributed by atoms with Crippen LogP contribution < -0.4 is 5.32 Å². The Morgan fingerprint density at radius 2 is 2.00 bits per heavy atom. The summed E-state index contributed by atoms with van der Waals surface area (Å²) in [6, 6.07) is 9.63. The number of hydrogen-bond acceptors (Lipinski definition) is 1. The van der Waals surface area contributed by atoms with Crippen LogP contribution in [0.3, 0.4) is 0 Å². The van der Waals surface area contributed by atoms with Crippen molar-refractivity contribution in [2.24, 2.45) is 0 Å². The third-order valence-electron chi connectivity index (χ3n) is 5.03. The molecule has 1 heteroatoms. The standard InChI is InChI=1S/C19H27N/c1-15-7-5-6-10-19(15)17-13-18(14-17)20-12-11-16-8-3-2-4-9-16/h5-8,10,17-18,20H,2-4,9,11-14H2,1H3. The zero-order chi connectivity index (χ0) is 13.8. The monoisotopic (exact) mass is 269 g/mol. The molecule has 0 aromatic heterocycles. The van der Waals surface area contributed by atoms with Crippen molar-refractivity contribution in [3.05, 3.63) is 47.0 Å². The first-order chi connectivity index (χ1) is 9.83. The summed E-state index contributed by atoms with van der Waals surface area (Å²) >= 11 is 0. The normalized spacial score (nSPS) is 25.9. The molecule has 1 aromatic rings. The topological polar surface area (TPSA) is 12.0 Å². The molecule has 0 aliphatic heterocycles. The van der Waals surface area contributed by atoms with Gasteiger partial charge in [-0.1, -0.05) is 35.9 Å². The number of hydrogen-bond donors (Lipinski definition) is 1. The second kappa shape index (κ2) is 6.58. The minimum atomic E-state index is 0.754. The van der Waals surface area contributed by atoms with Crippen LogP contribution in [0.1, 0.15) is 62.0 Å². The Morgan fingerprint density at radius 1 is 1.15 bits per heavy atom. The maximum absolute atomic E-state index is 3.74. The highest BCUT2D eigenvalue weighted by molar-refractivity contribution is 5.31. The van der Waals surface area contributed by atoms with Crippen molar-refractivity contribution < 1.29 is 0 Å². The largest absolute Gasteiger partial charge is 0.314 e. The van der Waals surface area contributed by atoms with E-state index in [9.17, 15) is 0 Å². The lowest BCUT2D eigenvalue weighted by molar-refractivity contribution is 0.291. The SMILES string of the molecule is Cc1ccccc1C1CC(NCCC2=CCCCC2)C1. The maximum Gasteiger partial charge on any atom is 0.00788 e. The van der Waals surface area contributed by atoms with E-state index in [-0.39, 0.29) is 0 Å². The number of rotatable bonds is 5. The highest BCUT2D eigenvalue weighted by Gasteiger charge is 2.30. The van der Waals surface area contributed by atoms with E-state index >= 15 is 0 Å². The molecule has 0 spiro atoms. The van der Waals surface area contributed by atoms with Crippen LogP contribution in [0.4, 0.5) is 0 Å². The molecule has 0 heterocycles. The summed E-state index contributed by atoms with van der Waals surface area (Å²) in [6.07, 6.45) is 11.9. The number of benzene rings is 1. The van der Waals surface area contributed by atoms with Gasteiger partial charge in [0.25, 0.3) is 0 Å². The van der Waals surface area contributed by atoms with Gasteiger partial charge in [0.1, 0.15) is 0 Å². The summed E-state index contributed by atoms with van der Waals surface area (Å²) in [5, 5.41) is 3.74. The third kappa shape index (κ3) is 3.32. The Balaban J connectivity index is 1.38. The molecule has 108 valence electrons. The number of aryl methyl sites for hydroxylation is 1. The van der Waals surface area contributed by atoms with Crippen LogP contribution in [-0.4, -0.2) is 12.6 Å². The summed E-state index contributed by atoms with van der Waals surface area (Å²) < 4.78 is 0. The fraction of sp³-hybridized carbons (Fsp3) is 0.579. The zero-order valence-corrected chi connectivity index (χ0v) is 12.7. The van der Waals surface area contributed by atoms with Gasteiger partial charge >= 0.3 is 0 Å². The van der Waals surface area contributed by atoms with Gasteiger partial charge in [-0.15, -0.1) is 0 Å². The molecule has 0 saturated heterocycles. The first-order valence-electron chi connectivity index (χ1n) is 8.30. The molecule has 0 amide bonds. The van der Waals surface area contributed by atoms with Gasteiger partial charge in [-0.3, -0.25) is 0 Å². The quantitative estimate of drug-likeness (QED) is 0.763. The fourth-order valence-electron chi connectivity index (χ4n) is 3.65. The third-order valence-corrected chi connectivity index (χ3v) is 5.03. The van der Waals surface area contributed by atoms with E-state index < -0.39 is 0 Å². The summed E-state index contributed by atoms with van der Waals surface area (Å²) in [4.78, 5) is 0. The molecule has 1 nitrogen and oxygen atoms in total. The van der Waals surface area contributed by atoms with Crippen LogP contribution in [-0.2, 0) is 0 Å². The average Bonchev–Trinajstić information content (AvgIpc) is 2.44. The Bertz CT molecular complexity index is 468. The van der Waals surface area contributed by atoms with Crippen LogP contribution in [0.2, 0.25) is 0 Å². The molecule has 1 saturated carbocycles. The molecule has 3 rings (SSSR count). The van der Waals surface area contributed by atoms with Crippen molar-refractivity contribution in [2.75, 3.05) is 6.54 Å². The van der Waals surface area contributed by atoms with Gasteiger partial charge in [0.05, 0.1) is 0 Å². The molecule has 1 fully saturated rings. The molecule has 2 aliphatic carbocycles. The highest BCUT2D eigenvalue weighted by Crippen LogP contribution is 2.38. The Labute approximate surface area is 123 Å². The van der Waals surface area contributed by atoms with E-state index in [2.05, 4.69) is 42.6 Å². The van der Waals surface area contributed by atoms with Gasteiger partial charge < -0.3 is 5.32 Å². The molecule has 1 N–H and O–H groups in total. The smallest absolute Gasteiger partial charge is 0.00788 e. The van der Waals surface area contributed by atoms with E-state index in [0.29, 0.717) is 0 Å². The first kappa shape index (κ1) is 13.9. The predicted octanol–water partition coefficient (Wildman–Crippen LogP) is 4.72. The van der Waals surface area contributed by atoms with E-state index in [1.54, 1.807) is 11.1 Å².